The monoisotopic (exact) mass is 347 g/mol. The van der Waals surface area contributed by atoms with Gasteiger partial charge in [-0.15, -0.1) is 11.3 Å². The Kier molecular flexibility index (Phi) is 4.57. The summed E-state index contributed by atoms with van der Waals surface area (Å²) in [5.74, 6) is 0. The number of thiazole rings is 1. The molecule has 1 unspecified atom stereocenters. The maximum Gasteiger partial charge on any atom is 0.289 e. The van der Waals surface area contributed by atoms with Crippen LogP contribution in [0.4, 0.5) is 5.69 Å². The molecule has 0 aliphatic rings. The fourth-order valence-electron chi connectivity index (χ4n) is 1.60. The number of nitro groups is 1. The molecule has 0 spiro atoms. The normalized spacial score (nSPS) is 13.0. The Hall–Kier alpha value is -1.55. The molecule has 7 nitrogen and oxygen atoms in total. The summed E-state index contributed by atoms with van der Waals surface area (Å²) in [6, 6.07) is 2.79. The molecule has 112 valence electrons. The van der Waals surface area contributed by atoms with E-state index in [1.54, 1.807) is 18.5 Å². The van der Waals surface area contributed by atoms with Gasteiger partial charge in [-0.05, 0) is 19.1 Å². The van der Waals surface area contributed by atoms with Crippen molar-refractivity contribution in [1.82, 2.24) is 9.71 Å². The smallest absolute Gasteiger partial charge is 0.258 e. The highest BCUT2D eigenvalue weighted by molar-refractivity contribution is 7.89. The number of hydrogen-bond donors (Lipinski definition) is 1. The van der Waals surface area contributed by atoms with Crippen molar-refractivity contribution in [3.05, 3.63) is 49.9 Å². The van der Waals surface area contributed by atoms with E-state index in [1.165, 1.54) is 23.5 Å². The molecule has 0 fully saturated rings. The largest absolute Gasteiger partial charge is 0.289 e. The third-order valence-electron chi connectivity index (χ3n) is 2.58. The van der Waals surface area contributed by atoms with E-state index in [4.69, 9.17) is 11.6 Å². The van der Waals surface area contributed by atoms with Crippen LogP contribution in [0.1, 0.15) is 18.0 Å². The summed E-state index contributed by atoms with van der Waals surface area (Å²) in [6.45, 7) is 1.64. The molecule has 0 aliphatic heterocycles. The van der Waals surface area contributed by atoms with Crippen molar-refractivity contribution in [3.8, 4) is 0 Å². The summed E-state index contributed by atoms with van der Waals surface area (Å²) >= 11 is 6.97. The predicted molar refractivity (Wildman–Crippen MR) is 79.0 cm³/mol. The molecule has 2 rings (SSSR count). The second kappa shape index (κ2) is 6.06. The first-order valence-electron chi connectivity index (χ1n) is 5.67. The molecule has 21 heavy (non-hydrogen) atoms. The summed E-state index contributed by atoms with van der Waals surface area (Å²) in [5.41, 5.74) is -0.457. The Labute approximate surface area is 129 Å². The lowest BCUT2D eigenvalue weighted by molar-refractivity contribution is -0.384. The molecule has 1 aromatic carbocycles. The van der Waals surface area contributed by atoms with Crippen LogP contribution in [0.3, 0.4) is 0 Å². The molecular weight excluding hydrogens is 338 g/mol. The van der Waals surface area contributed by atoms with Gasteiger partial charge in [-0.25, -0.2) is 18.1 Å². The van der Waals surface area contributed by atoms with Gasteiger partial charge in [-0.2, -0.15) is 0 Å². The van der Waals surface area contributed by atoms with Crippen LogP contribution in [0.25, 0.3) is 0 Å². The summed E-state index contributed by atoms with van der Waals surface area (Å²) in [6.07, 6.45) is 1.57. The van der Waals surface area contributed by atoms with Crippen LogP contribution < -0.4 is 4.72 Å². The zero-order valence-corrected chi connectivity index (χ0v) is 13.1. The molecule has 0 bridgehead atoms. The number of halogens is 1. The lowest BCUT2D eigenvalue weighted by atomic mass is 10.3. The van der Waals surface area contributed by atoms with Gasteiger partial charge >= 0.3 is 0 Å². The Balaban J connectivity index is 2.32. The second-order valence-electron chi connectivity index (χ2n) is 4.08. The number of hydrogen-bond acceptors (Lipinski definition) is 6. The number of sulfonamides is 1. The van der Waals surface area contributed by atoms with E-state index in [2.05, 4.69) is 9.71 Å². The zero-order valence-electron chi connectivity index (χ0n) is 10.7. The number of nitrogens with one attached hydrogen (secondary N) is 1. The molecule has 1 N–H and O–H groups in total. The van der Waals surface area contributed by atoms with E-state index < -0.39 is 26.7 Å². The van der Waals surface area contributed by atoms with E-state index >= 15 is 0 Å². The summed E-state index contributed by atoms with van der Waals surface area (Å²) in [5, 5.41) is 13.0. The van der Waals surface area contributed by atoms with Crippen LogP contribution in [0.5, 0.6) is 0 Å². The molecule has 0 saturated heterocycles. The van der Waals surface area contributed by atoms with Crippen LogP contribution in [0.15, 0.2) is 34.7 Å². The highest BCUT2D eigenvalue weighted by Crippen LogP contribution is 2.28. The van der Waals surface area contributed by atoms with Gasteiger partial charge in [0.2, 0.25) is 10.0 Å². The Bertz CT molecular complexity index is 762. The van der Waals surface area contributed by atoms with E-state index in [0.717, 1.165) is 6.07 Å². The topological polar surface area (TPSA) is 102 Å². The molecule has 0 aliphatic carbocycles. The first-order valence-corrected chi connectivity index (χ1v) is 8.41. The first-order chi connectivity index (χ1) is 9.81. The Morgan fingerprint density at radius 2 is 2.19 bits per heavy atom. The summed E-state index contributed by atoms with van der Waals surface area (Å²) in [7, 11) is -3.90. The molecule has 0 saturated carbocycles. The van der Waals surface area contributed by atoms with Crippen LogP contribution in [0.2, 0.25) is 5.02 Å². The molecule has 1 aromatic heterocycles. The van der Waals surface area contributed by atoms with Gasteiger partial charge in [-0.1, -0.05) is 11.6 Å². The molecule has 2 aromatic rings. The van der Waals surface area contributed by atoms with E-state index in [1.807, 2.05) is 0 Å². The van der Waals surface area contributed by atoms with Crippen molar-refractivity contribution in [1.29, 1.82) is 0 Å². The minimum atomic E-state index is -3.90. The molecular formula is C11H10ClN3O4S2. The Morgan fingerprint density at radius 3 is 2.76 bits per heavy atom. The highest BCUT2D eigenvalue weighted by Gasteiger charge is 2.23. The van der Waals surface area contributed by atoms with E-state index in [9.17, 15) is 18.5 Å². The van der Waals surface area contributed by atoms with Crippen LogP contribution in [0, 0.1) is 10.1 Å². The van der Waals surface area contributed by atoms with E-state index in [-0.39, 0.29) is 9.92 Å². The minimum absolute atomic E-state index is 0.119. The fourth-order valence-corrected chi connectivity index (χ4v) is 3.73. The number of rotatable bonds is 5. The minimum Gasteiger partial charge on any atom is -0.258 e. The fraction of sp³-hybridized carbons (Fsp3) is 0.182. The third kappa shape index (κ3) is 3.56. The number of benzene rings is 1. The predicted octanol–water partition coefficient (Wildman–Crippen LogP) is 2.74. The second-order valence-corrected chi connectivity index (χ2v) is 7.13. The van der Waals surface area contributed by atoms with Crippen molar-refractivity contribution in [2.45, 2.75) is 17.9 Å². The number of nitrogens with zero attached hydrogens (tertiary/aromatic N) is 2. The summed E-state index contributed by atoms with van der Waals surface area (Å²) < 4.78 is 26.9. The van der Waals surface area contributed by atoms with Gasteiger partial charge in [0.05, 0.1) is 15.9 Å². The maximum absolute atomic E-state index is 12.2. The maximum atomic E-state index is 12.2. The van der Waals surface area contributed by atoms with Gasteiger partial charge in [-0.3, -0.25) is 10.1 Å². The van der Waals surface area contributed by atoms with E-state index in [0.29, 0.717) is 5.01 Å². The van der Waals surface area contributed by atoms with Gasteiger partial charge in [0.1, 0.15) is 10.0 Å². The SMILES string of the molecule is CC(NS(=O)(=O)c1ccc(Cl)c([N+](=O)[O-])c1)c1nccs1. The lowest BCUT2D eigenvalue weighted by Gasteiger charge is -2.12. The van der Waals surface area contributed by atoms with Crippen molar-refractivity contribution in [2.75, 3.05) is 0 Å². The highest BCUT2D eigenvalue weighted by atomic mass is 35.5. The van der Waals surface area contributed by atoms with Crippen LogP contribution in [-0.4, -0.2) is 18.3 Å². The standard InChI is InChI=1S/C11H10ClN3O4S2/c1-7(11-13-4-5-20-11)14-21(18,19)8-2-3-9(12)10(6-8)15(16)17/h2-7,14H,1H3. The zero-order chi connectivity index (χ0) is 15.6. The molecule has 0 radical (unpaired) electrons. The first kappa shape index (κ1) is 15.8. The van der Waals surface area contributed by atoms with Gasteiger partial charge < -0.3 is 0 Å². The van der Waals surface area contributed by atoms with Crippen molar-refractivity contribution >= 4 is 38.6 Å². The molecule has 0 amide bonds. The molecule has 1 atom stereocenters. The average molecular weight is 348 g/mol. The van der Waals surface area contributed by atoms with Crippen molar-refractivity contribution in [3.63, 3.8) is 0 Å². The van der Waals surface area contributed by atoms with Crippen LogP contribution >= 0.6 is 22.9 Å². The molecule has 1 heterocycles. The van der Waals surface area contributed by atoms with Crippen LogP contribution in [-0.2, 0) is 10.0 Å². The number of aromatic nitrogens is 1. The average Bonchev–Trinajstić information content (AvgIpc) is 2.92. The number of nitro benzene ring substituents is 1. The van der Waals surface area contributed by atoms with Crippen molar-refractivity contribution in [2.24, 2.45) is 0 Å². The quantitative estimate of drug-likeness (QED) is 0.661. The summed E-state index contributed by atoms with van der Waals surface area (Å²) in [4.78, 5) is 13.9. The van der Waals surface area contributed by atoms with Gasteiger partial charge in [0, 0.05) is 17.6 Å². The van der Waals surface area contributed by atoms with Crippen molar-refractivity contribution < 1.29 is 13.3 Å². The lowest BCUT2D eigenvalue weighted by Crippen LogP contribution is -2.26. The third-order valence-corrected chi connectivity index (χ3v) is 5.39. The van der Waals surface area contributed by atoms with Gasteiger partial charge in [0.15, 0.2) is 0 Å². The molecule has 10 heteroatoms. The Morgan fingerprint density at radius 1 is 1.48 bits per heavy atom. The van der Waals surface area contributed by atoms with Gasteiger partial charge in [0.25, 0.3) is 5.69 Å².